The molecule has 0 bridgehead atoms. The lowest BCUT2D eigenvalue weighted by Crippen LogP contribution is -2.54. The lowest BCUT2D eigenvalue weighted by molar-refractivity contribution is -0.0673. The van der Waals surface area contributed by atoms with Crippen molar-refractivity contribution in [3.8, 4) is 5.75 Å². The van der Waals surface area contributed by atoms with E-state index in [1.807, 2.05) is 31.2 Å². The Morgan fingerprint density at radius 1 is 0.947 bits per heavy atom. The van der Waals surface area contributed by atoms with Gasteiger partial charge in [-0.2, -0.15) is 0 Å². The molecule has 1 fully saturated rings. The van der Waals surface area contributed by atoms with Crippen molar-refractivity contribution in [1.82, 2.24) is 15.8 Å². The van der Waals surface area contributed by atoms with Crippen LogP contribution in [-0.2, 0) is 24.1 Å². The molecule has 3 aromatic carbocycles. The summed E-state index contributed by atoms with van der Waals surface area (Å²) in [6.07, 6.45) is 2.73. The van der Waals surface area contributed by atoms with Crippen LogP contribution in [-0.4, -0.2) is 41.7 Å². The maximum atomic E-state index is 13.0. The molecule has 0 aromatic heterocycles. The predicted molar refractivity (Wildman–Crippen MR) is 146 cm³/mol. The highest BCUT2D eigenvalue weighted by molar-refractivity contribution is 5.99. The second-order valence-electron chi connectivity index (χ2n) is 10.8. The first kappa shape index (κ1) is 25.9. The molecule has 1 saturated heterocycles. The van der Waals surface area contributed by atoms with E-state index >= 15 is 0 Å². The molecule has 2 amide bonds. The van der Waals surface area contributed by atoms with Crippen molar-refractivity contribution in [1.29, 1.82) is 0 Å². The minimum Gasteiger partial charge on any atom is -0.496 e. The van der Waals surface area contributed by atoms with Gasteiger partial charge in [0.2, 0.25) is 0 Å². The van der Waals surface area contributed by atoms with Gasteiger partial charge in [-0.05, 0) is 92.6 Å². The van der Waals surface area contributed by atoms with Gasteiger partial charge in [-0.25, -0.2) is 0 Å². The van der Waals surface area contributed by atoms with Crippen LogP contribution in [0.25, 0.3) is 0 Å². The summed E-state index contributed by atoms with van der Waals surface area (Å²) in [5.41, 5.74) is 10.0. The van der Waals surface area contributed by atoms with E-state index in [9.17, 15) is 9.59 Å². The third kappa shape index (κ3) is 5.04. The number of ether oxygens (including phenoxy) is 2. The normalized spacial score (nSPS) is 20.1. The third-order valence-electron chi connectivity index (χ3n) is 7.89. The first-order valence-corrected chi connectivity index (χ1v) is 13.0. The summed E-state index contributed by atoms with van der Waals surface area (Å²) in [7, 11) is 1.59. The number of hydrogen-bond donors (Lipinski definition) is 2. The molecule has 1 aliphatic carbocycles. The van der Waals surface area contributed by atoms with Crippen LogP contribution in [0.3, 0.4) is 0 Å². The highest BCUT2D eigenvalue weighted by atomic mass is 16.5. The minimum atomic E-state index is -0.386. The third-order valence-corrected chi connectivity index (χ3v) is 7.89. The summed E-state index contributed by atoms with van der Waals surface area (Å²) in [4.78, 5) is 28.1. The highest BCUT2D eigenvalue weighted by Gasteiger charge is 2.52. The molecule has 0 unspecified atom stereocenters. The molecule has 1 aliphatic heterocycles. The predicted octanol–water partition coefficient (Wildman–Crippen LogP) is 4.57. The molecular weight excluding hydrogens is 478 g/mol. The molecule has 2 N–H and O–H groups in total. The average molecular weight is 514 g/mol. The number of carbonyl (C=O) groups is 2. The molecule has 0 saturated carbocycles. The van der Waals surface area contributed by atoms with Gasteiger partial charge in [0.05, 0.1) is 19.3 Å². The Kier molecular flexibility index (Phi) is 6.99. The van der Waals surface area contributed by atoms with Gasteiger partial charge in [0.25, 0.3) is 11.8 Å². The number of aryl methyl sites for hydroxylation is 2. The van der Waals surface area contributed by atoms with E-state index in [1.54, 1.807) is 25.3 Å². The van der Waals surface area contributed by atoms with E-state index in [-0.39, 0.29) is 23.1 Å². The summed E-state index contributed by atoms with van der Waals surface area (Å²) in [5, 5.41) is 0. The van der Waals surface area contributed by atoms with Crippen molar-refractivity contribution in [2.75, 3.05) is 13.7 Å². The van der Waals surface area contributed by atoms with Crippen LogP contribution in [0.5, 0.6) is 5.75 Å². The van der Waals surface area contributed by atoms with Gasteiger partial charge < -0.3 is 9.47 Å². The fraction of sp³-hybridized carbons (Fsp3) is 0.355. The number of carbonyl (C=O) groups excluding carboxylic acids is 2. The van der Waals surface area contributed by atoms with Gasteiger partial charge in [-0.1, -0.05) is 36.4 Å². The van der Waals surface area contributed by atoms with Gasteiger partial charge in [0.15, 0.2) is 0 Å². The van der Waals surface area contributed by atoms with E-state index < -0.39 is 0 Å². The summed E-state index contributed by atoms with van der Waals surface area (Å²) < 4.78 is 11.6. The van der Waals surface area contributed by atoms with E-state index in [0.29, 0.717) is 23.5 Å². The van der Waals surface area contributed by atoms with Crippen LogP contribution >= 0.6 is 0 Å². The summed E-state index contributed by atoms with van der Waals surface area (Å²) >= 11 is 0. The average Bonchev–Trinajstić information content (AvgIpc) is 3.16. The fourth-order valence-corrected chi connectivity index (χ4v) is 5.78. The van der Waals surface area contributed by atoms with Gasteiger partial charge in [0.1, 0.15) is 11.5 Å². The van der Waals surface area contributed by atoms with Gasteiger partial charge in [0, 0.05) is 17.7 Å². The minimum absolute atomic E-state index is 0.137. The van der Waals surface area contributed by atoms with Crippen molar-refractivity contribution in [2.45, 2.75) is 57.8 Å². The van der Waals surface area contributed by atoms with Crippen LogP contribution in [0.4, 0.5) is 0 Å². The Labute approximate surface area is 224 Å². The Bertz CT molecular complexity index is 1350. The fourth-order valence-electron chi connectivity index (χ4n) is 5.78. The maximum absolute atomic E-state index is 13.0. The molecule has 7 heteroatoms. The second kappa shape index (κ2) is 10.2. The van der Waals surface area contributed by atoms with E-state index in [1.165, 1.54) is 11.1 Å². The lowest BCUT2D eigenvalue weighted by Gasteiger charge is -2.45. The van der Waals surface area contributed by atoms with Crippen molar-refractivity contribution < 1.29 is 19.1 Å². The summed E-state index contributed by atoms with van der Waals surface area (Å²) in [6.45, 7) is 7.60. The number of methoxy groups -OCH3 is 1. The van der Waals surface area contributed by atoms with Crippen molar-refractivity contribution in [3.63, 3.8) is 0 Å². The first-order valence-electron chi connectivity index (χ1n) is 13.0. The van der Waals surface area contributed by atoms with Crippen molar-refractivity contribution >= 4 is 11.8 Å². The van der Waals surface area contributed by atoms with E-state index in [0.717, 1.165) is 36.9 Å². The number of nitrogens with one attached hydrogen (secondary N) is 2. The second-order valence-corrected chi connectivity index (χ2v) is 10.8. The molecule has 7 nitrogen and oxygen atoms in total. The smallest absolute Gasteiger partial charge is 0.269 e. The number of hydrogen-bond acceptors (Lipinski definition) is 5. The largest absolute Gasteiger partial charge is 0.496 e. The van der Waals surface area contributed by atoms with Gasteiger partial charge >= 0.3 is 0 Å². The molecule has 198 valence electrons. The molecule has 1 heterocycles. The Hall–Kier alpha value is -3.68. The molecule has 0 radical (unpaired) electrons. The van der Waals surface area contributed by atoms with Crippen LogP contribution in [0.2, 0.25) is 0 Å². The molecule has 5 rings (SSSR count). The topological polar surface area (TPSA) is 79.9 Å². The quantitative estimate of drug-likeness (QED) is 0.489. The Balaban J connectivity index is 1.30. The maximum Gasteiger partial charge on any atom is 0.269 e. The highest BCUT2D eigenvalue weighted by Crippen LogP contribution is 2.44. The zero-order valence-electron chi connectivity index (χ0n) is 22.5. The lowest BCUT2D eigenvalue weighted by atomic mass is 9.76. The first-order chi connectivity index (χ1) is 18.2. The molecule has 1 atom stereocenters. The summed E-state index contributed by atoms with van der Waals surface area (Å²) in [5.74, 6) is -0.0335. The monoisotopic (exact) mass is 513 g/mol. The zero-order valence-corrected chi connectivity index (χ0v) is 22.5. The Morgan fingerprint density at radius 2 is 1.63 bits per heavy atom. The van der Waals surface area contributed by atoms with Gasteiger partial charge in [-0.15, -0.1) is 0 Å². The molecular formula is C31H35N3O4. The number of fused-ring (bicyclic) bond motifs is 1. The van der Waals surface area contributed by atoms with Crippen LogP contribution in [0, 0.1) is 6.92 Å². The van der Waals surface area contributed by atoms with E-state index in [2.05, 4.69) is 53.9 Å². The van der Waals surface area contributed by atoms with Crippen LogP contribution in [0.15, 0.2) is 66.7 Å². The van der Waals surface area contributed by atoms with Crippen molar-refractivity contribution in [2.24, 2.45) is 0 Å². The SMILES string of the molecule is COc1ccc(C(=O)NNC(=O)c2ccc3c(c2)C[C@@]2(CC3)COC(C)(C)N2Cc2ccccc2)cc1C. The number of rotatable bonds is 5. The number of amides is 2. The molecule has 3 aromatic rings. The number of nitrogens with zero attached hydrogens (tertiary/aromatic N) is 1. The van der Waals surface area contributed by atoms with Gasteiger partial charge in [-0.3, -0.25) is 25.3 Å². The molecule has 1 spiro atoms. The van der Waals surface area contributed by atoms with Crippen LogP contribution < -0.4 is 15.6 Å². The molecule has 38 heavy (non-hydrogen) atoms. The number of hydrazine groups is 1. The zero-order chi connectivity index (χ0) is 26.9. The number of benzene rings is 3. The standard InChI is InChI=1S/C31H35N3O4/c1-21-16-24(12-13-27(21)37-4)28(35)32-33-29(36)25-11-10-23-14-15-31(18-26(23)17-25)20-38-30(2,3)34(31)19-22-8-6-5-7-9-22/h5-13,16-17H,14-15,18-20H2,1-4H3,(H,32,35)(H,33,36)/t31-/m0/s1. The summed E-state index contributed by atoms with van der Waals surface area (Å²) in [6, 6.07) is 21.4. The Morgan fingerprint density at radius 3 is 2.32 bits per heavy atom. The molecule has 2 aliphatic rings. The van der Waals surface area contributed by atoms with E-state index in [4.69, 9.17) is 9.47 Å². The van der Waals surface area contributed by atoms with Crippen molar-refractivity contribution in [3.05, 3.63) is 100 Å². The van der Waals surface area contributed by atoms with Crippen LogP contribution in [0.1, 0.15) is 63.2 Å².